The lowest BCUT2D eigenvalue weighted by molar-refractivity contribution is 0.0898. The van der Waals surface area contributed by atoms with E-state index >= 15 is 0 Å². The fourth-order valence-corrected chi connectivity index (χ4v) is 2.97. The Kier molecular flexibility index (Phi) is 4.19. The number of likely N-dealkylation sites (tertiary alicyclic amines) is 1. The highest BCUT2D eigenvalue weighted by atomic mass is 15.2. The highest BCUT2D eigenvalue weighted by molar-refractivity contribution is 5.14. The average Bonchev–Trinajstić information content (AvgIpc) is 2.30. The van der Waals surface area contributed by atoms with Gasteiger partial charge in [-0.15, -0.1) is 0 Å². The Bertz CT molecular complexity index is 334. The van der Waals surface area contributed by atoms with Crippen LogP contribution in [0.25, 0.3) is 0 Å². The molecule has 2 heteroatoms. The summed E-state index contributed by atoms with van der Waals surface area (Å²) in [5, 5.41) is 0. The van der Waals surface area contributed by atoms with Crippen molar-refractivity contribution in [3.05, 3.63) is 35.9 Å². The van der Waals surface area contributed by atoms with Gasteiger partial charge >= 0.3 is 0 Å². The Morgan fingerprint density at radius 3 is 2.53 bits per heavy atom. The molecule has 1 aliphatic rings. The van der Waals surface area contributed by atoms with E-state index in [1.165, 1.54) is 25.1 Å². The van der Waals surface area contributed by atoms with Gasteiger partial charge in [0.1, 0.15) is 0 Å². The van der Waals surface area contributed by atoms with Gasteiger partial charge in [0.05, 0.1) is 0 Å². The molecule has 1 aliphatic heterocycles. The second kappa shape index (κ2) is 5.65. The van der Waals surface area contributed by atoms with Crippen molar-refractivity contribution in [3.8, 4) is 0 Å². The van der Waals surface area contributed by atoms with Gasteiger partial charge in [0.2, 0.25) is 0 Å². The minimum absolute atomic E-state index is 0.752. The number of hydrogen-bond acceptors (Lipinski definition) is 2. The van der Waals surface area contributed by atoms with Crippen LogP contribution in [0.5, 0.6) is 0 Å². The number of nitrogens with zero attached hydrogens (tertiary/aromatic N) is 2. The van der Waals surface area contributed by atoms with E-state index < -0.39 is 0 Å². The van der Waals surface area contributed by atoms with Gasteiger partial charge in [0.25, 0.3) is 0 Å². The van der Waals surface area contributed by atoms with Crippen LogP contribution in [-0.2, 0) is 6.54 Å². The lowest BCUT2D eigenvalue weighted by Gasteiger charge is -2.40. The maximum atomic E-state index is 2.58. The smallest absolute Gasteiger partial charge is 0.0233 e. The molecule has 0 aliphatic carbocycles. The molecule has 1 saturated heterocycles. The number of hydrogen-bond donors (Lipinski definition) is 0. The molecular weight excluding hydrogens is 208 g/mol. The predicted octanol–water partition coefficient (Wildman–Crippen LogP) is 2.46. The lowest BCUT2D eigenvalue weighted by atomic mass is 9.93. The van der Waals surface area contributed by atoms with Crippen LogP contribution in [0.3, 0.4) is 0 Å². The molecule has 2 rings (SSSR count). The first kappa shape index (κ1) is 12.6. The number of piperidine rings is 1. The van der Waals surface area contributed by atoms with Crippen LogP contribution in [0, 0.1) is 5.92 Å². The summed E-state index contributed by atoms with van der Waals surface area (Å²) in [7, 11) is 4.40. The highest BCUT2D eigenvalue weighted by Crippen LogP contribution is 2.21. The van der Waals surface area contributed by atoms with Crippen molar-refractivity contribution in [3.63, 3.8) is 0 Å². The first-order chi connectivity index (χ1) is 8.16. The van der Waals surface area contributed by atoms with Crippen molar-refractivity contribution in [1.82, 2.24) is 9.80 Å². The lowest BCUT2D eigenvalue weighted by Crippen LogP contribution is -2.47. The molecule has 0 bridgehead atoms. The van der Waals surface area contributed by atoms with E-state index in [4.69, 9.17) is 0 Å². The molecule has 1 fully saturated rings. The average molecular weight is 232 g/mol. The standard InChI is InChI=1S/C15H24N2/c1-13-11-17(10-9-15(13)16(2)3)12-14-7-5-4-6-8-14/h4-8,13,15H,9-12H2,1-3H3/t13-,15-/m0/s1. The maximum Gasteiger partial charge on any atom is 0.0233 e. The summed E-state index contributed by atoms with van der Waals surface area (Å²) < 4.78 is 0. The van der Waals surface area contributed by atoms with Crippen molar-refractivity contribution in [2.75, 3.05) is 27.2 Å². The van der Waals surface area contributed by atoms with Gasteiger partial charge in [-0.1, -0.05) is 37.3 Å². The van der Waals surface area contributed by atoms with Crippen LogP contribution in [0.1, 0.15) is 18.9 Å². The van der Waals surface area contributed by atoms with Crippen molar-refractivity contribution in [2.45, 2.75) is 25.9 Å². The summed E-state index contributed by atoms with van der Waals surface area (Å²) >= 11 is 0. The molecular formula is C15H24N2. The second-order valence-electron chi connectivity index (χ2n) is 5.52. The maximum absolute atomic E-state index is 2.58. The third-order valence-electron chi connectivity index (χ3n) is 3.86. The zero-order valence-corrected chi connectivity index (χ0v) is 11.3. The molecule has 0 N–H and O–H groups in total. The van der Waals surface area contributed by atoms with Crippen LogP contribution in [0.2, 0.25) is 0 Å². The summed E-state index contributed by atoms with van der Waals surface area (Å²) in [6.45, 7) is 5.92. The molecule has 17 heavy (non-hydrogen) atoms. The van der Waals surface area contributed by atoms with E-state index in [0.717, 1.165) is 18.5 Å². The Balaban J connectivity index is 1.90. The van der Waals surface area contributed by atoms with Gasteiger partial charge < -0.3 is 4.90 Å². The molecule has 0 saturated carbocycles. The van der Waals surface area contributed by atoms with E-state index in [-0.39, 0.29) is 0 Å². The summed E-state index contributed by atoms with van der Waals surface area (Å²) in [5.74, 6) is 0.766. The summed E-state index contributed by atoms with van der Waals surface area (Å²) in [6, 6.07) is 11.5. The largest absolute Gasteiger partial charge is 0.306 e. The highest BCUT2D eigenvalue weighted by Gasteiger charge is 2.27. The molecule has 94 valence electrons. The minimum atomic E-state index is 0.752. The van der Waals surface area contributed by atoms with Crippen molar-refractivity contribution in [2.24, 2.45) is 5.92 Å². The third kappa shape index (κ3) is 3.30. The van der Waals surface area contributed by atoms with Crippen LogP contribution < -0.4 is 0 Å². The molecule has 1 aromatic carbocycles. The number of benzene rings is 1. The SMILES string of the molecule is C[C@H]1CN(Cc2ccccc2)CC[C@@H]1N(C)C. The van der Waals surface area contributed by atoms with Crippen LogP contribution in [0.15, 0.2) is 30.3 Å². The van der Waals surface area contributed by atoms with Crippen molar-refractivity contribution < 1.29 is 0 Å². The van der Waals surface area contributed by atoms with Gasteiger partial charge in [0.15, 0.2) is 0 Å². The topological polar surface area (TPSA) is 6.48 Å². The van der Waals surface area contributed by atoms with E-state index in [9.17, 15) is 0 Å². The van der Waals surface area contributed by atoms with Crippen molar-refractivity contribution in [1.29, 1.82) is 0 Å². The van der Waals surface area contributed by atoms with E-state index in [1.807, 2.05) is 0 Å². The van der Waals surface area contributed by atoms with Gasteiger partial charge in [-0.05, 0) is 38.5 Å². The van der Waals surface area contributed by atoms with Crippen molar-refractivity contribution >= 4 is 0 Å². The quantitative estimate of drug-likeness (QED) is 0.790. The third-order valence-corrected chi connectivity index (χ3v) is 3.86. The van der Waals surface area contributed by atoms with Gasteiger partial charge in [-0.3, -0.25) is 4.90 Å². The zero-order chi connectivity index (χ0) is 12.3. The Hall–Kier alpha value is -0.860. The van der Waals surface area contributed by atoms with E-state index in [1.54, 1.807) is 0 Å². The molecule has 1 aromatic rings. The first-order valence-electron chi connectivity index (χ1n) is 6.59. The second-order valence-corrected chi connectivity index (χ2v) is 5.52. The van der Waals surface area contributed by atoms with Crippen LogP contribution in [0.4, 0.5) is 0 Å². The van der Waals surface area contributed by atoms with Gasteiger partial charge in [-0.2, -0.15) is 0 Å². The molecule has 1 heterocycles. The first-order valence-corrected chi connectivity index (χ1v) is 6.59. The van der Waals surface area contributed by atoms with E-state index in [0.29, 0.717) is 0 Å². The molecule has 0 spiro atoms. The minimum Gasteiger partial charge on any atom is -0.306 e. The summed E-state index contributed by atoms with van der Waals surface area (Å²) in [5.41, 5.74) is 1.43. The molecule has 0 aromatic heterocycles. The summed E-state index contributed by atoms with van der Waals surface area (Å²) in [4.78, 5) is 4.96. The van der Waals surface area contributed by atoms with Crippen LogP contribution >= 0.6 is 0 Å². The molecule has 2 atom stereocenters. The zero-order valence-electron chi connectivity index (χ0n) is 11.3. The molecule has 0 amide bonds. The molecule has 0 unspecified atom stereocenters. The van der Waals surface area contributed by atoms with Gasteiger partial charge in [0, 0.05) is 19.1 Å². The predicted molar refractivity (Wildman–Crippen MR) is 73.0 cm³/mol. The van der Waals surface area contributed by atoms with Gasteiger partial charge in [-0.25, -0.2) is 0 Å². The normalized spacial score (nSPS) is 26.4. The van der Waals surface area contributed by atoms with Crippen LogP contribution in [-0.4, -0.2) is 43.0 Å². The monoisotopic (exact) mass is 232 g/mol. The fraction of sp³-hybridized carbons (Fsp3) is 0.600. The summed E-state index contributed by atoms with van der Waals surface area (Å²) in [6.07, 6.45) is 1.29. The Morgan fingerprint density at radius 2 is 1.94 bits per heavy atom. The Labute approximate surface area is 105 Å². The fourth-order valence-electron chi connectivity index (χ4n) is 2.97. The molecule has 2 nitrogen and oxygen atoms in total. The number of rotatable bonds is 3. The van der Waals surface area contributed by atoms with E-state index in [2.05, 4.69) is 61.2 Å². The molecule has 0 radical (unpaired) electrons. The Morgan fingerprint density at radius 1 is 1.24 bits per heavy atom.